The molecule has 0 aliphatic heterocycles. The van der Waals surface area contributed by atoms with E-state index in [1.807, 2.05) is 19.6 Å². The molecule has 2 nitrogen and oxygen atoms in total. The molecule has 0 spiro atoms. The van der Waals surface area contributed by atoms with E-state index >= 15 is 0 Å². The van der Waals surface area contributed by atoms with Crippen molar-refractivity contribution in [1.82, 2.24) is 0 Å². The zero-order valence-electron chi connectivity index (χ0n) is 9.63. The van der Waals surface area contributed by atoms with Gasteiger partial charge in [0, 0.05) is 11.1 Å². The van der Waals surface area contributed by atoms with E-state index in [9.17, 15) is 9.59 Å². The molecule has 0 bridgehead atoms. The van der Waals surface area contributed by atoms with Gasteiger partial charge in [0.2, 0.25) is 0 Å². The van der Waals surface area contributed by atoms with Crippen molar-refractivity contribution < 1.29 is 9.59 Å². The maximum atomic E-state index is 12.0. The van der Waals surface area contributed by atoms with Gasteiger partial charge in [0.15, 0.2) is 5.78 Å². The van der Waals surface area contributed by atoms with Gasteiger partial charge in [-0.3, -0.25) is 4.79 Å². The Kier molecular flexibility index (Phi) is 3.24. The molecule has 0 saturated heterocycles. The van der Waals surface area contributed by atoms with Gasteiger partial charge in [0.05, 0.1) is 0 Å². The summed E-state index contributed by atoms with van der Waals surface area (Å²) in [5.41, 5.74) is 1.28. The monoisotopic (exact) mass is 220 g/mol. The molecular weight excluding hydrogens is 204 g/mol. The summed E-state index contributed by atoms with van der Waals surface area (Å²) < 4.78 is 0. The first-order chi connectivity index (χ1) is 6.82. The number of hydrogen-bond acceptors (Lipinski definition) is 2. The lowest BCUT2D eigenvalue weighted by molar-refractivity contribution is 0.101. The molecule has 0 atom stereocenters. The van der Waals surface area contributed by atoms with Crippen LogP contribution in [0.4, 0.5) is 0 Å². The van der Waals surface area contributed by atoms with E-state index in [4.69, 9.17) is 0 Å². The normalized spacial score (nSPS) is 11.2. The van der Waals surface area contributed by atoms with Crippen LogP contribution in [-0.4, -0.2) is 19.3 Å². The van der Waals surface area contributed by atoms with Crippen LogP contribution in [0.2, 0.25) is 19.6 Å². The van der Waals surface area contributed by atoms with Crippen LogP contribution in [0.15, 0.2) is 24.3 Å². The quantitative estimate of drug-likeness (QED) is 0.579. The number of rotatable bonds is 3. The van der Waals surface area contributed by atoms with Gasteiger partial charge < -0.3 is 4.79 Å². The molecule has 0 heterocycles. The van der Waals surface area contributed by atoms with E-state index in [-0.39, 0.29) is 11.2 Å². The maximum absolute atomic E-state index is 12.0. The first kappa shape index (κ1) is 11.8. The first-order valence-corrected chi connectivity index (χ1v) is 8.48. The minimum Gasteiger partial charge on any atom is -0.300 e. The minimum absolute atomic E-state index is 0.000209. The van der Waals surface area contributed by atoms with Crippen LogP contribution in [0.25, 0.3) is 0 Å². The zero-order chi connectivity index (χ0) is 11.6. The van der Waals surface area contributed by atoms with E-state index in [0.29, 0.717) is 11.1 Å². The predicted molar refractivity (Wildman–Crippen MR) is 64.1 cm³/mol. The second-order valence-corrected chi connectivity index (χ2v) is 9.67. The average Bonchev–Trinajstić information content (AvgIpc) is 2.15. The van der Waals surface area contributed by atoms with Crippen molar-refractivity contribution in [2.24, 2.45) is 0 Å². The standard InChI is InChI=1S/C12H16O2Si/c1-9(13)10-6-5-7-11(8-10)12(14)15(2,3)4/h5-8H,1-4H3. The number of carbonyl (C=O) groups excluding carboxylic acids is 2. The zero-order valence-corrected chi connectivity index (χ0v) is 10.6. The smallest absolute Gasteiger partial charge is 0.159 e. The maximum Gasteiger partial charge on any atom is 0.159 e. The summed E-state index contributed by atoms with van der Waals surface area (Å²) in [5.74, 6) is 0.000209. The van der Waals surface area contributed by atoms with Gasteiger partial charge in [0.1, 0.15) is 13.5 Å². The third kappa shape index (κ3) is 2.86. The Bertz CT molecular complexity index is 402. The topological polar surface area (TPSA) is 34.1 Å². The lowest BCUT2D eigenvalue weighted by Gasteiger charge is -2.14. The Morgan fingerprint density at radius 3 is 2.07 bits per heavy atom. The Morgan fingerprint density at radius 1 is 1.07 bits per heavy atom. The molecule has 0 fully saturated rings. The lowest BCUT2D eigenvalue weighted by atomic mass is 10.1. The minimum atomic E-state index is -1.81. The molecule has 1 aromatic rings. The van der Waals surface area contributed by atoms with Crippen LogP contribution in [-0.2, 0) is 0 Å². The highest BCUT2D eigenvalue weighted by atomic mass is 28.3. The molecule has 0 unspecified atom stereocenters. The van der Waals surface area contributed by atoms with E-state index in [0.717, 1.165) is 0 Å². The summed E-state index contributed by atoms with van der Waals surface area (Å²) in [4.78, 5) is 23.2. The third-order valence-corrected chi connectivity index (χ3v) is 3.86. The Labute approximate surface area is 91.3 Å². The fourth-order valence-electron chi connectivity index (χ4n) is 1.31. The molecule has 1 rings (SSSR count). The molecule has 0 saturated carbocycles. The van der Waals surface area contributed by atoms with Crippen molar-refractivity contribution in [2.45, 2.75) is 26.6 Å². The molecule has 0 radical (unpaired) electrons. The van der Waals surface area contributed by atoms with Crippen molar-refractivity contribution in [3.05, 3.63) is 35.4 Å². The van der Waals surface area contributed by atoms with Gasteiger partial charge >= 0.3 is 0 Å². The second-order valence-electron chi connectivity index (χ2n) is 4.72. The van der Waals surface area contributed by atoms with Crippen molar-refractivity contribution in [3.63, 3.8) is 0 Å². The predicted octanol–water partition coefficient (Wildman–Crippen LogP) is 2.95. The van der Waals surface area contributed by atoms with Crippen LogP contribution < -0.4 is 0 Å². The van der Waals surface area contributed by atoms with Gasteiger partial charge in [-0.15, -0.1) is 0 Å². The van der Waals surface area contributed by atoms with Gasteiger partial charge in [-0.2, -0.15) is 0 Å². The highest BCUT2D eigenvalue weighted by Gasteiger charge is 2.25. The van der Waals surface area contributed by atoms with Gasteiger partial charge in [-0.1, -0.05) is 37.8 Å². The molecular formula is C12H16O2Si. The summed E-state index contributed by atoms with van der Waals surface area (Å²) in [7, 11) is -1.81. The van der Waals surface area contributed by atoms with E-state index < -0.39 is 8.07 Å². The Morgan fingerprint density at radius 2 is 1.60 bits per heavy atom. The first-order valence-electron chi connectivity index (χ1n) is 4.98. The molecule has 0 aliphatic rings. The molecule has 80 valence electrons. The number of benzene rings is 1. The van der Waals surface area contributed by atoms with Gasteiger partial charge in [0.25, 0.3) is 0 Å². The van der Waals surface area contributed by atoms with E-state index in [1.54, 1.807) is 24.3 Å². The van der Waals surface area contributed by atoms with Crippen LogP contribution >= 0.6 is 0 Å². The Balaban J connectivity index is 3.12. The number of ketones is 1. The fourth-order valence-corrected chi connectivity index (χ4v) is 2.33. The van der Waals surface area contributed by atoms with E-state index in [2.05, 4.69) is 0 Å². The van der Waals surface area contributed by atoms with Crippen molar-refractivity contribution >= 4 is 19.3 Å². The molecule has 0 aromatic heterocycles. The fraction of sp³-hybridized carbons (Fsp3) is 0.333. The number of Topliss-reactive ketones (excluding diaryl/α,β-unsaturated/α-hetero) is 1. The van der Waals surface area contributed by atoms with Gasteiger partial charge in [-0.25, -0.2) is 0 Å². The summed E-state index contributed by atoms with van der Waals surface area (Å²) in [5, 5.41) is 0.200. The van der Waals surface area contributed by atoms with Crippen LogP contribution in [0.5, 0.6) is 0 Å². The molecule has 0 N–H and O–H groups in total. The van der Waals surface area contributed by atoms with Crippen LogP contribution in [0, 0.1) is 0 Å². The number of carbonyl (C=O) groups is 2. The molecule has 1 aromatic carbocycles. The largest absolute Gasteiger partial charge is 0.300 e. The molecule has 0 amide bonds. The summed E-state index contributed by atoms with van der Waals surface area (Å²) in [6.45, 7) is 7.54. The molecule has 0 aliphatic carbocycles. The SMILES string of the molecule is CC(=O)c1cccc(C(=O)[Si](C)(C)C)c1. The van der Waals surface area contributed by atoms with Crippen LogP contribution in [0.1, 0.15) is 27.6 Å². The van der Waals surface area contributed by atoms with Gasteiger partial charge in [-0.05, 0) is 13.0 Å². The van der Waals surface area contributed by atoms with Crippen molar-refractivity contribution in [1.29, 1.82) is 0 Å². The molecule has 15 heavy (non-hydrogen) atoms. The average molecular weight is 220 g/mol. The van der Waals surface area contributed by atoms with E-state index in [1.165, 1.54) is 6.92 Å². The summed E-state index contributed by atoms with van der Waals surface area (Å²) in [6.07, 6.45) is 0. The van der Waals surface area contributed by atoms with Crippen molar-refractivity contribution in [3.8, 4) is 0 Å². The second kappa shape index (κ2) is 4.11. The summed E-state index contributed by atoms with van der Waals surface area (Å²) >= 11 is 0. The Hall–Kier alpha value is -1.22. The summed E-state index contributed by atoms with van der Waals surface area (Å²) in [6, 6.07) is 6.99. The van der Waals surface area contributed by atoms with Crippen LogP contribution in [0.3, 0.4) is 0 Å². The highest BCUT2D eigenvalue weighted by molar-refractivity contribution is 7.05. The lowest BCUT2D eigenvalue weighted by Crippen LogP contribution is -2.33. The molecule has 3 heteroatoms. The highest BCUT2D eigenvalue weighted by Crippen LogP contribution is 2.13. The third-order valence-electron chi connectivity index (χ3n) is 2.21. The van der Waals surface area contributed by atoms with Crippen molar-refractivity contribution in [2.75, 3.05) is 0 Å². The number of hydrogen-bond donors (Lipinski definition) is 0.